The van der Waals surface area contributed by atoms with E-state index in [1.54, 1.807) is 13.8 Å². The lowest BCUT2D eigenvalue weighted by Crippen LogP contribution is -2.63. The second-order valence-corrected chi connectivity index (χ2v) is 14.4. The average molecular weight is 475 g/mol. The Labute approximate surface area is 207 Å². The number of Topliss-reactive ketones (excluding diaryl/α,β-unsaturated/α-hetero) is 1. The summed E-state index contributed by atoms with van der Waals surface area (Å²) in [5, 5.41) is 31.3. The zero-order valence-electron chi connectivity index (χ0n) is 22.9. The lowest BCUT2D eigenvalue weighted by Gasteiger charge is -2.64. The van der Waals surface area contributed by atoms with Crippen LogP contribution in [0.5, 0.6) is 0 Å². The molecule has 34 heavy (non-hydrogen) atoms. The predicted molar refractivity (Wildman–Crippen MR) is 136 cm³/mol. The van der Waals surface area contributed by atoms with Crippen molar-refractivity contribution in [3.8, 4) is 0 Å². The molecule has 4 heteroatoms. The monoisotopic (exact) mass is 474 g/mol. The molecule has 3 N–H and O–H groups in total. The topological polar surface area (TPSA) is 77.8 Å². The highest BCUT2D eigenvalue weighted by molar-refractivity contribution is 5.88. The minimum Gasteiger partial charge on any atom is -0.392 e. The highest BCUT2D eigenvalue weighted by Crippen LogP contribution is 2.74. The molecule has 0 aromatic heterocycles. The van der Waals surface area contributed by atoms with Crippen molar-refractivity contribution in [2.75, 3.05) is 0 Å². The van der Waals surface area contributed by atoms with Gasteiger partial charge < -0.3 is 15.3 Å². The molecule has 3 saturated carbocycles. The summed E-state index contributed by atoms with van der Waals surface area (Å²) >= 11 is 0. The van der Waals surface area contributed by atoms with Crippen molar-refractivity contribution in [1.29, 1.82) is 0 Å². The summed E-state index contributed by atoms with van der Waals surface area (Å²) in [5.41, 5.74) is -0.287. The van der Waals surface area contributed by atoms with Crippen LogP contribution in [0.1, 0.15) is 107 Å². The molecule has 194 valence electrons. The molecule has 0 aliphatic heterocycles. The smallest absolute Gasteiger partial charge is 0.140 e. The minimum atomic E-state index is -1.08. The van der Waals surface area contributed by atoms with Crippen LogP contribution in [0.3, 0.4) is 0 Å². The Kier molecular flexibility index (Phi) is 6.32. The molecule has 0 saturated heterocycles. The summed E-state index contributed by atoms with van der Waals surface area (Å²) in [6.45, 7) is 17.1. The number of ketones is 1. The van der Waals surface area contributed by atoms with Gasteiger partial charge in [-0.2, -0.15) is 0 Å². The fourth-order valence-corrected chi connectivity index (χ4v) is 9.35. The van der Waals surface area contributed by atoms with E-state index in [0.717, 1.165) is 38.5 Å². The normalized spacial score (nSPS) is 45.6. The van der Waals surface area contributed by atoms with Crippen molar-refractivity contribution in [3.63, 3.8) is 0 Å². The quantitative estimate of drug-likeness (QED) is 0.448. The number of fused-ring (bicyclic) bond motifs is 5. The van der Waals surface area contributed by atoms with E-state index in [4.69, 9.17) is 0 Å². The maximum Gasteiger partial charge on any atom is 0.140 e. The lowest BCUT2D eigenvalue weighted by molar-refractivity contribution is -0.172. The maximum absolute atomic E-state index is 14.2. The van der Waals surface area contributed by atoms with Gasteiger partial charge in [0.25, 0.3) is 0 Å². The average Bonchev–Trinajstić information content (AvgIpc) is 2.99. The fraction of sp³-hybridized carbons (Fsp3) is 0.900. The van der Waals surface area contributed by atoms with Gasteiger partial charge in [-0.25, -0.2) is 0 Å². The summed E-state index contributed by atoms with van der Waals surface area (Å²) in [4.78, 5) is 14.2. The van der Waals surface area contributed by atoms with Crippen molar-refractivity contribution in [3.05, 3.63) is 11.6 Å². The van der Waals surface area contributed by atoms with Crippen LogP contribution in [0.2, 0.25) is 0 Å². The zero-order chi connectivity index (χ0) is 25.5. The molecule has 9 atom stereocenters. The number of aliphatic hydroxyl groups is 3. The summed E-state index contributed by atoms with van der Waals surface area (Å²) in [7, 11) is 0. The Bertz CT molecular complexity index is 852. The molecule has 3 fully saturated rings. The lowest BCUT2D eigenvalue weighted by atomic mass is 9.38. The second-order valence-electron chi connectivity index (χ2n) is 14.4. The van der Waals surface area contributed by atoms with Gasteiger partial charge in [0.15, 0.2) is 0 Å². The molecule has 4 aliphatic rings. The van der Waals surface area contributed by atoms with Gasteiger partial charge in [-0.1, -0.05) is 53.2 Å². The summed E-state index contributed by atoms with van der Waals surface area (Å²) in [6, 6.07) is 0. The first-order chi connectivity index (χ1) is 15.5. The van der Waals surface area contributed by atoms with Crippen molar-refractivity contribution in [2.45, 2.75) is 125 Å². The van der Waals surface area contributed by atoms with Gasteiger partial charge in [-0.15, -0.1) is 0 Å². The Hall–Kier alpha value is -0.710. The van der Waals surface area contributed by atoms with Crippen LogP contribution >= 0.6 is 0 Å². The van der Waals surface area contributed by atoms with E-state index in [2.05, 4.69) is 47.6 Å². The minimum absolute atomic E-state index is 0.0393. The van der Waals surface area contributed by atoms with Gasteiger partial charge in [0.2, 0.25) is 0 Å². The van der Waals surface area contributed by atoms with Gasteiger partial charge in [-0.05, 0) is 93.3 Å². The molecule has 4 aliphatic carbocycles. The van der Waals surface area contributed by atoms with Crippen LogP contribution in [-0.2, 0) is 4.79 Å². The van der Waals surface area contributed by atoms with Gasteiger partial charge in [0.1, 0.15) is 5.78 Å². The van der Waals surface area contributed by atoms with E-state index in [1.165, 1.54) is 5.57 Å². The Morgan fingerprint density at radius 3 is 2.32 bits per heavy atom. The number of carbonyl (C=O) groups excluding carboxylic acids is 1. The van der Waals surface area contributed by atoms with E-state index < -0.39 is 11.7 Å². The largest absolute Gasteiger partial charge is 0.392 e. The molecule has 1 unspecified atom stereocenters. The number of aliphatic hydroxyl groups excluding tert-OH is 2. The fourth-order valence-electron chi connectivity index (χ4n) is 9.35. The molecule has 0 aromatic rings. The molecule has 0 radical (unpaired) electrons. The summed E-state index contributed by atoms with van der Waals surface area (Å²) in [5.74, 6) is 1.88. The molecule has 0 bridgehead atoms. The van der Waals surface area contributed by atoms with Crippen LogP contribution in [0.15, 0.2) is 11.6 Å². The van der Waals surface area contributed by atoms with Gasteiger partial charge in [-0.3, -0.25) is 4.79 Å². The zero-order valence-corrected chi connectivity index (χ0v) is 22.9. The van der Waals surface area contributed by atoms with Crippen molar-refractivity contribution < 1.29 is 20.1 Å². The first kappa shape index (κ1) is 26.4. The summed E-state index contributed by atoms with van der Waals surface area (Å²) < 4.78 is 0. The number of rotatable bonds is 5. The number of hydrogen-bond donors (Lipinski definition) is 3. The standard InChI is InChI=1S/C30H50O4/c1-18(9-13-24(32)27(4,5)34)19-15-16-28(6)22-12-10-20-21(11-14-23(31)26(20,2)3)30(22,8)25(33)17-29(19,28)7/h10,18-19,21-24,31-32,34H,9,11-17H2,1-8H3/t18-,19-,21-,22+,23+,24?,28+,29-,30+/m1/s1. The van der Waals surface area contributed by atoms with Gasteiger partial charge >= 0.3 is 0 Å². The van der Waals surface area contributed by atoms with E-state index in [1.807, 2.05) is 0 Å². The van der Waals surface area contributed by atoms with Crippen LogP contribution < -0.4 is 0 Å². The number of hydrogen-bond acceptors (Lipinski definition) is 4. The molecular formula is C30H50O4. The second kappa shape index (κ2) is 8.15. The van der Waals surface area contributed by atoms with Crippen molar-refractivity contribution in [1.82, 2.24) is 0 Å². The predicted octanol–water partition coefficient (Wildman–Crippen LogP) is 5.68. The molecule has 0 amide bonds. The molecule has 4 nitrogen and oxygen atoms in total. The van der Waals surface area contributed by atoms with Crippen LogP contribution in [0.25, 0.3) is 0 Å². The molecule has 0 heterocycles. The van der Waals surface area contributed by atoms with Crippen LogP contribution in [0.4, 0.5) is 0 Å². The van der Waals surface area contributed by atoms with E-state index >= 15 is 0 Å². The van der Waals surface area contributed by atoms with E-state index in [9.17, 15) is 20.1 Å². The van der Waals surface area contributed by atoms with Crippen molar-refractivity contribution in [2.24, 2.45) is 45.3 Å². The summed E-state index contributed by atoms with van der Waals surface area (Å²) in [6.07, 6.45) is 8.40. The highest BCUT2D eigenvalue weighted by atomic mass is 16.3. The Morgan fingerprint density at radius 1 is 1.06 bits per heavy atom. The van der Waals surface area contributed by atoms with Gasteiger partial charge in [0.05, 0.1) is 17.8 Å². The maximum atomic E-state index is 14.2. The number of allylic oxidation sites excluding steroid dienone is 1. The first-order valence-corrected chi connectivity index (χ1v) is 13.8. The van der Waals surface area contributed by atoms with E-state index in [-0.39, 0.29) is 33.7 Å². The molecule has 0 aromatic carbocycles. The molecule has 4 rings (SSSR count). The van der Waals surface area contributed by atoms with Crippen LogP contribution in [0, 0.1) is 45.3 Å². The highest BCUT2D eigenvalue weighted by Gasteiger charge is 2.70. The number of carbonyl (C=O) groups is 1. The third kappa shape index (κ3) is 3.52. The third-order valence-electron chi connectivity index (χ3n) is 12.1. The van der Waals surface area contributed by atoms with E-state index in [0.29, 0.717) is 36.4 Å². The third-order valence-corrected chi connectivity index (χ3v) is 12.1. The SMILES string of the molecule is C[C@H](CCC(O)C(C)(C)O)[C@H]1CC[C@@]2(C)[C@@H]3CC=C4[C@@H](CC[C@H](O)C4(C)C)[C@]3(C)C(=O)C[C@]12C. The molecule has 0 spiro atoms. The molecular weight excluding hydrogens is 424 g/mol. The Balaban J connectivity index is 1.64. The van der Waals surface area contributed by atoms with Gasteiger partial charge in [0, 0.05) is 17.3 Å². The first-order valence-electron chi connectivity index (χ1n) is 13.8. The van der Waals surface area contributed by atoms with Crippen molar-refractivity contribution >= 4 is 5.78 Å². The Morgan fingerprint density at radius 2 is 1.71 bits per heavy atom. The van der Waals surface area contributed by atoms with Crippen LogP contribution in [-0.4, -0.2) is 38.9 Å².